The van der Waals surface area contributed by atoms with Crippen LogP contribution in [0.2, 0.25) is 0 Å². The molecule has 3 rings (SSSR count). The van der Waals surface area contributed by atoms with E-state index in [0.29, 0.717) is 19.4 Å². The maximum atomic E-state index is 12.0. The van der Waals surface area contributed by atoms with E-state index in [9.17, 15) is 4.79 Å². The zero-order chi connectivity index (χ0) is 16.1. The third kappa shape index (κ3) is 4.20. The van der Waals surface area contributed by atoms with Crippen LogP contribution in [-0.4, -0.2) is 30.3 Å². The summed E-state index contributed by atoms with van der Waals surface area (Å²) in [5, 5.41) is 7.02. The number of benzene rings is 1. The van der Waals surface area contributed by atoms with Crippen LogP contribution in [0.15, 0.2) is 35.1 Å². The molecule has 5 heteroatoms. The minimum absolute atomic E-state index is 0.0385. The van der Waals surface area contributed by atoms with Crippen molar-refractivity contribution in [3.8, 4) is 11.3 Å². The van der Waals surface area contributed by atoms with Crippen molar-refractivity contribution in [1.29, 1.82) is 0 Å². The highest BCUT2D eigenvalue weighted by molar-refractivity contribution is 5.76. The summed E-state index contributed by atoms with van der Waals surface area (Å²) in [5.74, 6) is 0.0385. The van der Waals surface area contributed by atoms with E-state index in [4.69, 9.17) is 9.26 Å². The number of aromatic nitrogens is 1. The maximum Gasteiger partial charge on any atom is 0.220 e. The fourth-order valence-electron chi connectivity index (χ4n) is 2.75. The first kappa shape index (κ1) is 15.7. The molecule has 1 aliphatic heterocycles. The second-order valence-corrected chi connectivity index (χ2v) is 5.99. The van der Waals surface area contributed by atoms with E-state index in [1.807, 2.05) is 31.2 Å². The van der Waals surface area contributed by atoms with Crippen molar-refractivity contribution in [1.82, 2.24) is 10.5 Å². The summed E-state index contributed by atoms with van der Waals surface area (Å²) in [6.45, 7) is 3.46. The number of hydrogen-bond donors (Lipinski definition) is 1. The molecule has 1 fully saturated rings. The molecule has 23 heavy (non-hydrogen) atoms. The largest absolute Gasteiger partial charge is 0.376 e. The number of rotatable bonds is 6. The summed E-state index contributed by atoms with van der Waals surface area (Å²) in [4.78, 5) is 12.0. The number of amides is 1. The molecular formula is C18H22N2O3. The second kappa shape index (κ2) is 7.42. The minimum Gasteiger partial charge on any atom is -0.376 e. The van der Waals surface area contributed by atoms with Crippen molar-refractivity contribution < 1.29 is 14.1 Å². The molecular weight excluding hydrogens is 292 g/mol. The molecule has 1 unspecified atom stereocenters. The van der Waals surface area contributed by atoms with Crippen LogP contribution >= 0.6 is 0 Å². The van der Waals surface area contributed by atoms with E-state index in [2.05, 4.69) is 10.5 Å². The Balaban J connectivity index is 1.53. The van der Waals surface area contributed by atoms with E-state index in [1.54, 1.807) is 6.26 Å². The number of carbonyl (C=O) groups is 1. The maximum absolute atomic E-state index is 12.0. The van der Waals surface area contributed by atoms with Gasteiger partial charge in [-0.2, -0.15) is 0 Å². The van der Waals surface area contributed by atoms with E-state index in [-0.39, 0.29) is 12.0 Å². The van der Waals surface area contributed by atoms with Gasteiger partial charge in [0.05, 0.1) is 6.10 Å². The van der Waals surface area contributed by atoms with Gasteiger partial charge in [0.15, 0.2) is 0 Å². The van der Waals surface area contributed by atoms with E-state index < -0.39 is 0 Å². The highest BCUT2D eigenvalue weighted by Crippen LogP contribution is 2.23. The molecule has 1 atom stereocenters. The predicted molar refractivity (Wildman–Crippen MR) is 87.0 cm³/mol. The van der Waals surface area contributed by atoms with Crippen LogP contribution in [0.1, 0.15) is 30.4 Å². The first-order valence-electron chi connectivity index (χ1n) is 8.11. The second-order valence-electron chi connectivity index (χ2n) is 5.99. The van der Waals surface area contributed by atoms with Crippen LogP contribution in [0.3, 0.4) is 0 Å². The molecule has 1 saturated heterocycles. The van der Waals surface area contributed by atoms with Crippen molar-refractivity contribution in [3.63, 3.8) is 0 Å². The summed E-state index contributed by atoms with van der Waals surface area (Å²) in [5.41, 5.74) is 3.99. The minimum atomic E-state index is 0.0385. The molecule has 1 aliphatic rings. The third-order valence-corrected chi connectivity index (χ3v) is 4.14. The van der Waals surface area contributed by atoms with Crippen molar-refractivity contribution in [2.24, 2.45) is 0 Å². The predicted octanol–water partition coefficient (Wildman–Crippen LogP) is 2.88. The Kier molecular flexibility index (Phi) is 5.08. The SMILES string of the molecule is Cc1ccc(-c2nocc2CCC(=O)NCC2CCCO2)cc1. The van der Waals surface area contributed by atoms with Crippen molar-refractivity contribution in [2.75, 3.05) is 13.2 Å². The number of hydrogen-bond acceptors (Lipinski definition) is 4. The number of nitrogens with one attached hydrogen (secondary N) is 1. The lowest BCUT2D eigenvalue weighted by Crippen LogP contribution is -2.31. The van der Waals surface area contributed by atoms with Crippen LogP contribution in [-0.2, 0) is 16.0 Å². The Morgan fingerprint density at radius 2 is 2.17 bits per heavy atom. The van der Waals surface area contributed by atoms with Gasteiger partial charge in [0.2, 0.25) is 5.91 Å². The Labute approximate surface area is 136 Å². The summed E-state index contributed by atoms with van der Waals surface area (Å²) >= 11 is 0. The molecule has 0 saturated carbocycles. The zero-order valence-corrected chi connectivity index (χ0v) is 13.4. The molecule has 1 N–H and O–H groups in total. The van der Waals surface area contributed by atoms with E-state index in [1.165, 1.54) is 5.56 Å². The van der Waals surface area contributed by atoms with Crippen molar-refractivity contribution in [3.05, 3.63) is 41.7 Å². The first-order valence-corrected chi connectivity index (χ1v) is 8.11. The van der Waals surface area contributed by atoms with E-state index in [0.717, 1.165) is 36.3 Å². The van der Waals surface area contributed by atoms with Crippen LogP contribution in [0, 0.1) is 6.92 Å². The molecule has 0 radical (unpaired) electrons. The number of aryl methyl sites for hydroxylation is 2. The quantitative estimate of drug-likeness (QED) is 0.890. The fourth-order valence-corrected chi connectivity index (χ4v) is 2.75. The zero-order valence-electron chi connectivity index (χ0n) is 13.4. The molecule has 0 aliphatic carbocycles. The van der Waals surface area contributed by atoms with Gasteiger partial charge in [0.25, 0.3) is 0 Å². The van der Waals surface area contributed by atoms with Gasteiger partial charge < -0.3 is 14.6 Å². The van der Waals surface area contributed by atoms with Crippen LogP contribution in [0.4, 0.5) is 0 Å². The average Bonchev–Trinajstić information content (AvgIpc) is 3.23. The van der Waals surface area contributed by atoms with Crippen LogP contribution in [0.25, 0.3) is 11.3 Å². The van der Waals surface area contributed by atoms with Gasteiger partial charge in [-0.1, -0.05) is 35.0 Å². The molecule has 1 amide bonds. The van der Waals surface area contributed by atoms with Crippen molar-refractivity contribution in [2.45, 2.75) is 38.7 Å². The Hall–Kier alpha value is -2.14. The molecule has 5 nitrogen and oxygen atoms in total. The molecule has 122 valence electrons. The van der Waals surface area contributed by atoms with Gasteiger partial charge >= 0.3 is 0 Å². The topological polar surface area (TPSA) is 64.4 Å². The number of nitrogens with zero attached hydrogens (tertiary/aromatic N) is 1. The molecule has 2 aromatic rings. The van der Waals surface area contributed by atoms with Crippen LogP contribution in [0.5, 0.6) is 0 Å². The third-order valence-electron chi connectivity index (χ3n) is 4.14. The summed E-state index contributed by atoms with van der Waals surface area (Å²) in [6.07, 6.45) is 4.96. The van der Waals surface area contributed by atoms with E-state index >= 15 is 0 Å². The smallest absolute Gasteiger partial charge is 0.220 e. The highest BCUT2D eigenvalue weighted by atomic mass is 16.5. The Morgan fingerprint density at radius 3 is 2.91 bits per heavy atom. The summed E-state index contributed by atoms with van der Waals surface area (Å²) in [6, 6.07) is 8.13. The summed E-state index contributed by atoms with van der Waals surface area (Å²) in [7, 11) is 0. The molecule has 0 bridgehead atoms. The van der Waals surface area contributed by atoms with Gasteiger partial charge in [0.1, 0.15) is 12.0 Å². The van der Waals surface area contributed by atoms with Gasteiger partial charge in [0, 0.05) is 30.7 Å². The van der Waals surface area contributed by atoms with Crippen LogP contribution < -0.4 is 5.32 Å². The Morgan fingerprint density at radius 1 is 1.35 bits per heavy atom. The van der Waals surface area contributed by atoms with Gasteiger partial charge in [-0.05, 0) is 26.2 Å². The lowest BCUT2D eigenvalue weighted by atomic mass is 10.0. The molecule has 0 spiro atoms. The fraction of sp³-hybridized carbons (Fsp3) is 0.444. The van der Waals surface area contributed by atoms with Crippen molar-refractivity contribution >= 4 is 5.91 Å². The molecule has 1 aromatic heterocycles. The average molecular weight is 314 g/mol. The summed E-state index contributed by atoms with van der Waals surface area (Å²) < 4.78 is 10.6. The van der Waals surface area contributed by atoms with Gasteiger partial charge in [-0.15, -0.1) is 0 Å². The standard InChI is InChI=1S/C18H22N2O3/c1-13-4-6-14(7-5-13)18-15(12-23-20-18)8-9-17(21)19-11-16-3-2-10-22-16/h4-7,12,16H,2-3,8-11H2,1H3,(H,19,21). The highest BCUT2D eigenvalue weighted by Gasteiger charge is 2.17. The first-order chi connectivity index (χ1) is 11.2. The normalized spacial score (nSPS) is 17.3. The Bertz CT molecular complexity index is 643. The number of carbonyl (C=O) groups excluding carboxylic acids is 1. The lowest BCUT2D eigenvalue weighted by Gasteiger charge is -2.10. The number of ether oxygens (including phenoxy) is 1. The molecule has 2 heterocycles. The monoisotopic (exact) mass is 314 g/mol. The van der Waals surface area contributed by atoms with Gasteiger partial charge in [-0.25, -0.2) is 0 Å². The lowest BCUT2D eigenvalue weighted by molar-refractivity contribution is -0.121. The van der Waals surface area contributed by atoms with Gasteiger partial charge in [-0.3, -0.25) is 4.79 Å². The molecule has 1 aromatic carbocycles.